The Kier molecular flexibility index (Phi) is 3.03. The Morgan fingerprint density at radius 1 is 1.37 bits per heavy atom. The molecule has 2 aromatic rings. The third-order valence-corrected chi connectivity index (χ3v) is 3.33. The van der Waals surface area contributed by atoms with Crippen molar-refractivity contribution < 1.29 is 9.13 Å². The lowest BCUT2D eigenvalue weighted by molar-refractivity contribution is 0.397. The number of aryl methyl sites for hydroxylation is 1. The van der Waals surface area contributed by atoms with Gasteiger partial charge in [-0.15, -0.1) is 0 Å². The first-order valence-electron chi connectivity index (χ1n) is 6.18. The number of hydrogen-bond acceptors (Lipinski definition) is 4. The van der Waals surface area contributed by atoms with Crippen molar-refractivity contribution in [2.45, 2.75) is 18.9 Å². The molecule has 1 aliphatic rings. The lowest BCUT2D eigenvalue weighted by atomic mass is 10.1. The van der Waals surface area contributed by atoms with Crippen LogP contribution >= 0.6 is 0 Å². The van der Waals surface area contributed by atoms with Gasteiger partial charge in [-0.2, -0.15) is 4.98 Å². The van der Waals surface area contributed by atoms with Crippen LogP contribution in [0.3, 0.4) is 0 Å². The fourth-order valence-electron chi connectivity index (χ4n) is 2.40. The molecule has 19 heavy (non-hydrogen) atoms. The van der Waals surface area contributed by atoms with Crippen LogP contribution in [0.4, 0.5) is 10.3 Å². The molecule has 0 amide bonds. The van der Waals surface area contributed by atoms with Crippen LogP contribution in [0.5, 0.6) is 5.88 Å². The maximum atomic E-state index is 13.3. The van der Waals surface area contributed by atoms with Crippen LogP contribution in [0.1, 0.15) is 23.6 Å². The van der Waals surface area contributed by atoms with Gasteiger partial charge < -0.3 is 10.1 Å². The normalized spacial score (nSPS) is 17.1. The lowest BCUT2D eigenvalue weighted by Gasteiger charge is -2.14. The highest BCUT2D eigenvalue weighted by Crippen LogP contribution is 2.33. The molecular weight excluding hydrogens is 245 g/mol. The van der Waals surface area contributed by atoms with Gasteiger partial charge >= 0.3 is 0 Å². The fourth-order valence-corrected chi connectivity index (χ4v) is 2.40. The van der Waals surface area contributed by atoms with Crippen LogP contribution in [0, 0.1) is 5.82 Å². The van der Waals surface area contributed by atoms with Crippen LogP contribution in [0.25, 0.3) is 0 Å². The first kappa shape index (κ1) is 11.9. The van der Waals surface area contributed by atoms with E-state index in [1.54, 1.807) is 25.4 Å². The van der Waals surface area contributed by atoms with Gasteiger partial charge in [0.15, 0.2) is 0 Å². The number of anilines is 1. The Morgan fingerprint density at radius 3 is 3.11 bits per heavy atom. The third kappa shape index (κ3) is 2.36. The molecular formula is C14H14FN3O. The molecule has 1 aliphatic carbocycles. The van der Waals surface area contributed by atoms with Gasteiger partial charge in [-0.05, 0) is 36.1 Å². The molecule has 0 spiro atoms. The quantitative estimate of drug-likeness (QED) is 0.920. The molecule has 3 rings (SSSR count). The van der Waals surface area contributed by atoms with E-state index in [9.17, 15) is 4.39 Å². The topological polar surface area (TPSA) is 47.0 Å². The number of ether oxygens (including phenoxy) is 1. The van der Waals surface area contributed by atoms with E-state index in [2.05, 4.69) is 15.3 Å². The van der Waals surface area contributed by atoms with Gasteiger partial charge in [-0.3, -0.25) is 0 Å². The summed E-state index contributed by atoms with van der Waals surface area (Å²) in [7, 11) is 1.56. The maximum Gasteiger partial charge on any atom is 0.226 e. The highest BCUT2D eigenvalue weighted by Gasteiger charge is 2.23. The second-order valence-corrected chi connectivity index (χ2v) is 4.50. The zero-order valence-corrected chi connectivity index (χ0v) is 10.6. The Balaban J connectivity index is 1.84. The van der Waals surface area contributed by atoms with Crippen molar-refractivity contribution in [1.82, 2.24) is 9.97 Å². The lowest BCUT2D eigenvalue weighted by Crippen LogP contribution is -2.10. The Labute approximate surface area is 110 Å². The Bertz CT molecular complexity index is 603. The Hall–Kier alpha value is -2.17. The summed E-state index contributed by atoms with van der Waals surface area (Å²) in [6.07, 6.45) is 3.49. The van der Waals surface area contributed by atoms with Gasteiger partial charge in [-0.1, -0.05) is 6.07 Å². The van der Waals surface area contributed by atoms with E-state index in [1.165, 1.54) is 11.6 Å². The zero-order valence-electron chi connectivity index (χ0n) is 10.6. The molecule has 1 N–H and O–H groups in total. The van der Waals surface area contributed by atoms with Crippen LogP contribution < -0.4 is 10.1 Å². The summed E-state index contributed by atoms with van der Waals surface area (Å²) in [6, 6.07) is 6.67. The molecule has 5 heteroatoms. The van der Waals surface area contributed by atoms with E-state index in [1.807, 2.05) is 6.07 Å². The van der Waals surface area contributed by atoms with Crippen molar-refractivity contribution in [2.24, 2.45) is 0 Å². The van der Waals surface area contributed by atoms with Crippen LogP contribution in [0.2, 0.25) is 0 Å². The highest BCUT2D eigenvalue weighted by atomic mass is 19.1. The second kappa shape index (κ2) is 4.84. The monoisotopic (exact) mass is 259 g/mol. The number of benzene rings is 1. The maximum absolute atomic E-state index is 13.3. The van der Waals surface area contributed by atoms with Crippen LogP contribution in [-0.4, -0.2) is 17.1 Å². The largest absolute Gasteiger partial charge is 0.481 e. The smallest absolute Gasteiger partial charge is 0.226 e. The highest BCUT2D eigenvalue weighted by molar-refractivity contribution is 5.41. The number of halogens is 1. The van der Waals surface area contributed by atoms with Crippen molar-refractivity contribution >= 4 is 5.95 Å². The van der Waals surface area contributed by atoms with Gasteiger partial charge in [0, 0.05) is 12.3 Å². The molecule has 0 saturated heterocycles. The van der Waals surface area contributed by atoms with E-state index in [4.69, 9.17) is 4.74 Å². The summed E-state index contributed by atoms with van der Waals surface area (Å²) >= 11 is 0. The molecule has 1 atom stereocenters. The minimum absolute atomic E-state index is 0.0535. The SMILES string of the molecule is COc1ccnc(NC2CCc3ccc(F)cc32)n1. The molecule has 1 heterocycles. The van der Waals surface area contributed by atoms with Gasteiger partial charge in [0.05, 0.1) is 13.2 Å². The molecule has 0 bridgehead atoms. The third-order valence-electron chi connectivity index (χ3n) is 3.33. The number of fused-ring (bicyclic) bond motifs is 1. The molecule has 1 unspecified atom stereocenters. The minimum Gasteiger partial charge on any atom is -0.481 e. The summed E-state index contributed by atoms with van der Waals surface area (Å²) in [5, 5.41) is 3.23. The number of nitrogens with one attached hydrogen (secondary N) is 1. The average molecular weight is 259 g/mol. The summed E-state index contributed by atoms with van der Waals surface area (Å²) < 4.78 is 18.4. The predicted molar refractivity (Wildman–Crippen MR) is 69.7 cm³/mol. The number of nitrogens with zero attached hydrogens (tertiary/aromatic N) is 2. The molecule has 98 valence electrons. The van der Waals surface area contributed by atoms with E-state index in [0.717, 1.165) is 18.4 Å². The van der Waals surface area contributed by atoms with Gasteiger partial charge in [0.2, 0.25) is 11.8 Å². The van der Waals surface area contributed by atoms with Crippen molar-refractivity contribution in [1.29, 1.82) is 0 Å². The molecule has 0 saturated carbocycles. The first-order chi connectivity index (χ1) is 9.26. The number of hydrogen-bond donors (Lipinski definition) is 1. The molecule has 1 aromatic carbocycles. The van der Waals surface area contributed by atoms with E-state index < -0.39 is 0 Å². The van der Waals surface area contributed by atoms with Gasteiger partial charge in [-0.25, -0.2) is 9.37 Å². The summed E-state index contributed by atoms with van der Waals surface area (Å²) in [6.45, 7) is 0. The van der Waals surface area contributed by atoms with Gasteiger partial charge in [0.25, 0.3) is 0 Å². The molecule has 1 aromatic heterocycles. The van der Waals surface area contributed by atoms with E-state index in [-0.39, 0.29) is 11.9 Å². The van der Waals surface area contributed by atoms with E-state index >= 15 is 0 Å². The number of aromatic nitrogens is 2. The van der Waals surface area contributed by atoms with Crippen molar-refractivity contribution in [3.05, 3.63) is 47.4 Å². The number of rotatable bonds is 3. The van der Waals surface area contributed by atoms with E-state index in [0.29, 0.717) is 11.8 Å². The predicted octanol–water partition coefficient (Wildman–Crippen LogP) is 2.72. The second-order valence-electron chi connectivity index (χ2n) is 4.50. The van der Waals surface area contributed by atoms with Crippen LogP contribution in [0.15, 0.2) is 30.5 Å². The van der Waals surface area contributed by atoms with Crippen molar-refractivity contribution in [3.8, 4) is 5.88 Å². The van der Waals surface area contributed by atoms with Crippen molar-refractivity contribution in [3.63, 3.8) is 0 Å². The average Bonchev–Trinajstić information content (AvgIpc) is 2.81. The summed E-state index contributed by atoms with van der Waals surface area (Å²) in [5.41, 5.74) is 2.17. The van der Waals surface area contributed by atoms with Gasteiger partial charge in [0.1, 0.15) is 5.82 Å². The standard InChI is InChI=1S/C14H14FN3O/c1-19-13-6-7-16-14(18-13)17-12-5-3-9-2-4-10(15)8-11(9)12/h2,4,6-8,12H,3,5H2,1H3,(H,16,17,18). The van der Waals surface area contributed by atoms with Crippen molar-refractivity contribution in [2.75, 3.05) is 12.4 Å². The first-order valence-corrected chi connectivity index (χ1v) is 6.18. The fraction of sp³-hybridized carbons (Fsp3) is 0.286. The Morgan fingerprint density at radius 2 is 2.26 bits per heavy atom. The minimum atomic E-state index is -0.209. The molecule has 0 fully saturated rings. The van der Waals surface area contributed by atoms with Crippen LogP contribution in [-0.2, 0) is 6.42 Å². The molecule has 4 nitrogen and oxygen atoms in total. The molecule has 0 aliphatic heterocycles. The number of methoxy groups -OCH3 is 1. The summed E-state index contributed by atoms with van der Waals surface area (Å²) in [5.74, 6) is 0.801. The summed E-state index contributed by atoms with van der Waals surface area (Å²) in [4.78, 5) is 8.36. The molecule has 0 radical (unpaired) electrons. The zero-order chi connectivity index (χ0) is 13.2.